The van der Waals surface area contributed by atoms with Crippen molar-refractivity contribution in [3.05, 3.63) is 89.0 Å². The van der Waals surface area contributed by atoms with Crippen LogP contribution in [0.2, 0.25) is 0 Å². The van der Waals surface area contributed by atoms with E-state index in [1.54, 1.807) is 46.8 Å². The van der Waals surface area contributed by atoms with Gasteiger partial charge in [-0.3, -0.25) is 4.79 Å². The van der Waals surface area contributed by atoms with Gasteiger partial charge in [0.25, 0.3) is 5.91 Å². The normalized spacial score (nSPS) is 14.1. The van der Waals surface area contributed by atoms with Crippen LogP contribution in [0.25, 0.3) is 22.1 Å². The number of hydrogen-bond donors (Lipinski definition) is 1. The van der Waals surface area contributed by atoms with Crippen LogP contribution in [-0.2, 0) is 13.5 Å². The molecule has 194 valence electrons. The van der Waals surface area contributed by atoms with Crippen LogP contribution in [0.5, 0.6) is 0 Å². The Kier molecular flexibility index (Phi) is 5.77. The first-order chi connectivity index (χ1) is 18.3. The predicted octanol–water partition coefficient (Wildman–Crippen LogP) is 4.56. The summed E-state index contributed by atoms with van der Waals surface area (Å²) in [5, 5.41) is 0. The first-order valence-electron chi connectivity index (χ1n) is 12.1. The van der Waals surface area contributed by atoms with Gasteiger partial charge in [-0.2, -0.15) is 0 Å². The molecule has 0 aliphatic carbocycles. The molecular formula is C27H22F4N6O. The van der Waals surface area contributed by atoms with Gasteiger partial charge in [-0.25, -0.2) is 27.5 Å². The number of aromatic nitrogens is 4. The maximum atomic E-state index is 14.1. The van der Waals surface area contributed by atoms with Crippen LogP contribution >= 0.6 is 0 Å². The number of halogens is 4. The molecule has 2 aromatic heterocycles. The van der Waals surface area contributed by atoms with Crippen molar-refractivity contribution in [2.75, 3.05) is 31.1 Å². The van der Waals surface area contributed by atoms with Crippen molar-refractivity contribution in [1.29, 1.82) is 0 Å². The average molecular weight is 523 g/mol. The molecule has 3 aromatic carbocycles. The number of aromatic amines is 1. The van der Waals surface area contributed by atoms with Crippen LogP contribution in [0.1, 0.15) is 22.0 Å². The number of carbonyl (C=O) groups is 1. The molecule has 0 saturated carbocycles. The van der Waals surface area contributed by atoms with E-state index in [1.165, 1.54) is 12.1 Å². The number of amides is 1. The van der Waals surface area contributed by atoms with Crippen LogP contribution in [0.3, 0.4) is 0 Å². The molecule has 0 radical (unpaired) electrons. The summed E-state index contributed by atoms with van der Waals surface area (Å²) < 4.78 is 56.7. The number of carbonyl (C=O) groups excluding carboxylic acids is 1. The third-order valence-electron chi connectivity index (χ3n) is 6.97. The van der Waals surface area contributed by atoms with Gasteiger partial charge >= 0.3 is 0 Å². The van der Waals surface area contributed by atoms with Gasteiger partial charge in [0.05, 0.1) is 17.5 Å². The summed E-state index contributed by atoms with van der Waals surface area (Å²) in [6.45, 7) is 2.34. The Morgan fingerprint density at radius 3 is 2.39 bits per heavy atom. The summed E-state index contributed by atoms with van der Waals surface area (Å²) in [7, 11) is 1.78. The third-order valence-corrected chi connectivity index (χ3v) is 6.97. The number of fused-ring (bicyclic) bond motifs is 2. The lowest BCUT2D eigenvalue weighted by Crippen LogP contribution is -2.48. The van der Waals surface area contributed by atoms with Gasteiger partial charge < -0.3 is 19.4 Å². The molecule has 7 nitrogen and oxygen atoms in total. The van der Waals surface area contributed by atoms with Crippen molar-refractivity contribution in [3.8, 4) is 0 Å². The lowest BCUT2D eigenvalue weighted by Gasteiger charge is -2.36. The molecular weight excluding hydrogens is 500 g/mol. The van der Waals surface area contributed by atoms with Crippen LogP contribution < -0.4 is 4.90 Å². The van der Waals surface area contributed by atoms with Crippen molar-refractivity contribution < 1.29 is 22.4 Å². The van der Waals surface area contributed by atoms with Gasteiger partial charge in [-0.1, -0.05) is 0 Å². The van der Waals surface area contributed by atoms with E-state index in [0.29, 0.717) is 49.1 Å². The van der Waals surface area contributed by atoms with E-state index in [1.807, 2.05) is 0 Å². The molecule has 0 bridgehead atoms. The minimum Gasteiger partial charge on any atom is -0.368 e. The van der Waals surface area contributed by atoms with Crippen molar-refractivity contribution >= 4 is 33.7 Å². The van der Waals surface area contributed by atoms with E-state index in [-0.39, 0.29) is 35.0 Å². The summed E-state index contributed by atoms with van der Waals surface area (Å²) >= 11 is 0. The first-order valence-corrected chi connectivity index (χ1v) is 12.1. The zero-order valence-corrected chi connectivity index (χ0v) is 20.3. The second-order valence-corrected chi connectivity index (χ2v) is 9.28. The molecule has 0 unspecified atom stereocenters. The van der Waals surface area contributed by atoms with Gasteiger partial charge in [-0.05, 0) is 42.5 Å². The maximum absolute atomic E-state index is 14.1. The number of hydrogen-bond acceptors (Lipinski definition) is 4. The summed E-state index contributed by atoms with van der Waals surface area (Å²) in [5.41, 5.74) is 2.21. The standard InChI is InChI=1S/C27H22F4N6O/c1-35-21-12-15(27(38)37-10-8-36(9-11-37)17-5-3-16(28)4-6-17)2-7-20(21)32-23(35)14-22-33-25-19(30)13-18(29)24(31)26(25)34-22/h2-7,12-13H,8-11,14H2,1H3,(H,33,34). The number of imidazole rings is 2. The zero-order valence-electron chi connectivity index (χ0n) is 20.3. The predicted molar refractivity (Wildman–Crippen MR) is 134 cm³/mol. The van der Waals surface area contributed by atoms with E-state index in [0.717, 1.165) is 11.2 Å². The third kappa shape index (κ3) is 4.13. The first kappa shape index (κ1) is 24.0. The largest absolute Gasteiger partial charge is 0.368 e. The second kappa shape index (κ2) is 9.16. The zero-order chi connectivity index (χ0) is 26.6. The average Bonchev–Trinajstić information content (AvgIpc) is 3.49. The van der Waals surface area contributed by atoms with E-state index in [2.05, 4.69) is 19.9 Å². The summed E-state index contributed by atoms with van der Waals surface area (Å²) in [6, 6.07) is 12.0. The number of rotatable bonds is 4. The number of anilines is 1. The fourth-order valence-electron chi connectivity index (χ4n) is 4.88. The van der Waals surface area contributed by atoms with E-state index >= 15 is 0 Å². The van der Waals surface area contributed by atoms with Gasteiger partial charge in [0, 0.05) is 50.5 Å². The molecule has 0 spiro atoms. The SMILES string of the molecule is Cn1c(Cc2nc3c(F)cc(F)c(F)c3[nH]2)nc2ccc(C(=O)N3CCN(c4ccc(F)cc4)CC3)cc21. The molecule has 1 amide bonds. The Labute approximate surface area is 214 Å². The second-order valence-electron chi connectivity index (χ2n) is 9.28. The van der Waals surface area contributed by atoms with Crippen LogP contribution in [-0.4, -0.2) is 56.5 Å². The van der Waals surface area contributed by atoms with Gasteiger partial charge in [-0.15, -0.1) is 0 Å². The van der Waals surface area contributed by atoms with Crippen LogP contribution in [0, 0.1) is 23.3 Å². The molecule has 1 N–H and O–H groups in total. The molecule has 3 heterocycles. The highest BCUT2D eigenvalue weighted by Gasteiger charge is 2.24. The fraction of sp³-hybridized carbons (Fsp3) is 0.222. The van der Waals surface area contributed by atoms with Crippen molar-refractivity contribution in [3.63, 3.8) is 0 Å². The van der Waals surface area contributed by atoms with E-state index in [9.17, 15) is 22.4 Å². The number of H-pyrrole nitrogens is 1. The molecule has 1 aliphatic rings. The van der Waals surface area contributed by atoms with E-state index < -0.39 is 17.5 Å². The van der Waals surface area contributed by atoms with Crippen LogP contribution in [0.15, 0.2) is 48.5 Å². The topological polar surface area (TPSA) is 70.0 Å². The number of benzene rings is 3. The smallest absolute Gasteiger partial charge is 0.254 e. The molecule has 1 saturated heterocycles. The Hall–Kier alpha value is -4.41. The summed E-state index contributed by atoms with van der Waals surface area (Å²) in [5.74, 6) is -3.03. The quantitative estimate of drug-likeness (QED) is 0.278. The monoisotopic (exact) mass is 522 g/mol. The number of piperazine rings is 1. The molecule has 38 heavy (non-hydrogen) atoms. The number of aryl methyl sites for hydroxylation is 1. The highest BCUT2D eigenvalue weighted by atomic mass is 19.2. The van der Waals surface area contributed by atoms with Crippen LogP contribution in [0.4, 0.5) is 23.2 Å². The van der Waals surface area contributed by atoms with Crippen molar-refractivity contribution in [2.45, 2.75) is 6.42 Å². The fourth-order valence-corrected chi connectivity index (χ4v) is 4.88. The highest BCUT2D eigenvalue weighted by Crippen LogP contribution is 2.24. The highest BCUT2D eigenvalue weighted by molar-refractivity contribution is 5.97. The summed E-state index contributed by atoms with van der Waals surface area (Å²) in [4.78, 5) is 28.5. The number of nitrogens with one attached hydrogen (secondary N) is 1. The molecule has 1 fully saturated rings. The van der Waals surface area contributed by atoms with Crippen molar-refractivity contribution in [2.24, 2.45) is 7.05 Å². The number of nitrogens with zero attached hydrogens (tertiary/aromatic N) is 5. The molecule has 6 rings (SSSR count). The van der Waals surface area contributed by atoms with E-state index in [4.69, 9.17) is 0 Å². The molecule has 11 heteroatoms. The minimum absolute atomic E-state index is 0.0985. The van der Waals surface area contributed by atoms with Gasteiger partial charge in [0.15, 0.2) is 17.5 Å². The van der Waals surface area contributed by atoms with Gasteiger partial charge in [0.2, 0.25) is 0 Å². The lowest BCUT2D eigenvalue weighted by molar-refractivity contribution is 0.0747. The lowest BCUT2D eigenvalue weighted by atomic mass is 10.1. The molecule has 1 aliphatic heterocycles. The Bertz CT molecular complexity index is 1690. The molecule has 0 atom stereocenters. The maximum Gasteiger partial charge on any atom is 0.254 e. The summed E-state index contributed by atoms with van der Waals surface area (Å²) in [6.07, 6.45) is 0.120. The Morgan fingerprint density at radius 2 is 1.66 bits per heavy atom. The Balaban J connectivity index is 1.20. The Morgan fingerprint density at radius 1 is 0.921 bits per heavy atom. The minimum atomic E-state index is -1.29. The van der Waals surface area contributed by atoms with Gasteiger partial charge in [0.1, 0.15) is 28.5 Å². The molecule has 5 aromatic rings. The van der Waals surface area contributed by atoms with Crippen molar-refractivity contribution in [1.82, 2.24) is 24.4 Å².